The van der Waals surface area contributed by atoms with Crippen LogP contribution in [0.4, 0.5) is 0 Å². The monoisotopic (exact) mass is 293 g/mol. The van der Waals surface area contributed by atoms with Crippen LogP contribution in [0.1, 0.15) is 32.6 Å². The lowest BCUT2D eigenvalue weighted by Crippen LogP contribution is -2.45. The van der Waals surface area contributed by atoms with Gasteiger partial charge in [0.15, 0.2) is 0 Å². The van der Waals surface area contributed by atoms with Gasteiger partial charge in [-0.25, -0.2) is 0 Å². The number of hydrogen-bond acceptors (Lipinski definition) is 4. The molecule has 1 N–H and O–H groups in total. The van der Waals surface area contributed by atoms with Gasteiger partial charge < -0.3 is 19.5 Å². The van der Waals surface area contributed by atoms with E-state index >= 15 is 0 Å². The Morgan fingerprint density at radius 2 is 1.67 bits per heavy atom. The lowest BCUT2D eigenvalue weighted by Gasteiger charge is -2.36. The van der Waals surface area contributed by atoms with Crippen molar-refractivity contribution in [2.75, 3.05) is 21.3 Å². The molecule has 2 rings (SSSR count). The molecule has 1 aliphatic rings. The molecule has 1 fully saturated rings. The van der Waals surface area contributed by atoms with Crippen molar-refractivity contribution in [2.24, 2.45) is 5.92 Å². The van der Waals surface area contributed by atoms with Gasteiger partial charge in [0, 0.05) is 24.2 Å². The maximum absolute atomic E-state index is 6.25. The van der Waals surface area contributed by atoms with E-state index in [2.05, 4.69) is 12.2 Å². The van der Waals surface area contributed by atoms with E-state index in [-0.39, 0.29) is 6.10 Å². The quantitative estimate of drug-likeness (QED) is 0.874. The first-order valence-corrected chi connectivity index (χ1v) is 7.77. The minimum atomic E-state index is 0.200. The molecule has 0 bridgehead atoms. The van der Waals surface area contributed by atoms with Crippen molar-refractivity contribution < 1.29 is 14.2 Å². The van der Waals surface area contributed by atoms with Crippen LogP contribution in [0.5, 0.6) is 17.2 Å². The molecule has 1 aromatic carbocycles. The Labute approximate surface area is 127 Å². The Hall–Kier alpha value is -1.42. The van der Waals surface area contributed by atoms with Crippen molar-refractivity contribution in [2.45, 2.75) is 44.8 Å². The summed E-state index contributed by atoms with van der Waals surface area (Å²) in [6, 6.07) is 6.11. The smallest absolute Gasteiger partial charge is 0.127 e. The Bertz CT molecular complexity index is 427. The molecule has 1 aliphatic carbocycles. The molecule has 0 saturated heterocycles. The zero-order chi connectivity index (χ0) is 15.2. The molecule has 0 heterocycles. The standard InChI is InChI=1S/C17H27NO3/c1-5-12-6-7-16(18-2)17(8-12)21-15-10-13(19-3)9-14(11-15)20-4/h9-12,16-18H,5-8H2,1-4H3. The van der Waals surface area contributed by atoms with Gasteiger partial charge >= 0.3 is 0 Å². The molecule has 1 saturated carbocycles. The number of hydrogen-bond donors (Lipinski definition) is 1. The van der Waals surface area contributed by atoms with E-state index in [0.717, 1.165) is 29.6 Å². The molecule has 4 heteroatoms. The first-order valence-electron chi connectivity index (χ1n) is 7.77. The SMILES string of the molecule is CCC1CCC(NC)C(Oc2cc(OC)cc(OC)c2)C1. The van der Waals surface area contributed by atoms with E-state index in [4.69, 9.17) is 14.2 Å². The Morgan fingerprint density at radius 3 is 2.19 bits per heavy atom. The third-order valence-corrected chi connectivity index (χ3v) is 4.46. The van der Waals surface area contributed by atoms with Crippen LogP contribution in [-0.2, 0) is 0 Å². The van der Waals surface area contributed by atoms with Crippen LogP contribution in [-0.4, -0.2) is 33.4 Å². The van der Waals surface area contributed by atoms with E-state index in [9.17, 15) is 0 Å². The van der Waals surface area contributed by atoms with Crippen LogP contribution in [0.3, 0.4) is 0 Å². The Balaban J connectivity index is 2.14. The van der Waals surface area contributed by atoms with E-state index in [1.807, 2.05) is 25.2 Å². The first kappa shape index (κ1) is 16.0. The molecule has 3 atom stereocenters. The highest BCUT2D eigenvalue weighted by molar-refractivity contribution is 5.42. The Kier molecular flexibility index (Phi) is 5.74. The fourth-order valence-electron chi connectivity index (χ4n) is 3.07. The molecular formula is C17H27NO3. The van der Waals surface area contributed by atoms with Crippen LogP contribution in [0.25, 0.3) is 0 Å². The van der Waals surface area contributed by atoms with E-state index in [1.54, 1.807) is 14.2 Å². The van der Waals surface area contributed by atoms with Gasteiger partial charge in [-0.2, -0.15) is 0 Å². The predicted octanol–water partition coefficient (Wildman–Crippen LogP) is 3.25. The maximum atomic E-state index is 6.25. The number of likely N-dealkylation sites (N-methyl/N-ethyl adjacent to an activating group) is 1. The van der Waals surface area contributed by atoms with Crippen molar-refractivity contribution in [1.29, 1.82) is 0 Å². The number of ether oxygens (including phenoxy) is 3. The van der Waals surface area contributed by atoms with E-state index < -0.39 is 0 Å². The summed E-state index contributed by atoms with van der Waals surface area (Å²) < 4.78 is 16.9. The summed E-state index contributed by atoms with van der Waals surface area (Å²) in [4.78, 5) is 0. The zero-order valence-electron chi connectivity index (χ0n) is 13.5. The Morgan fingerprint density at radius 1 is 1.05 bits per heavy atom. The molecule has 0 aliphatic heterocycles. The number of methoxy groups -OCH3 is 2. The minimum Gasteiger partial charge on any atom is -0.496 e. The second-order valence-electron chi connectivity index (χ2n) is 5.69. The van der Waals surface area contributed by atoms with Crippen molar-refractivity contribution in [3.63, 3.8) is 0 Å². The van der Waals surface area contributed by atoms with Gasteiger partial charge in [0.25, 0.3) is 0 Å². The van der Waals surface area contributed by atoms with Crippen molar-refractivity contribution in [3.8, 4) is 17.2 Å². The van der Waals surface area contributed by atoms with Gasteiger partial charge in [-0.3, -0.25) is 0 Å². The predicted molar refractivity (Wildman–Crippen MR) is 84.4 cm³/mol. The molecule has 1 aromatic rings. The van der Waals surface area contributed by atoms with Crippen molar-refractivity contribution in [3.05, 3.63) is 18.2 Å². The summed E-state index contributed by atoms with van der Waals surface area (Å²) >= 11 is 0. The summed E-state index contributed by atoms with van der Waals surface area (Å²) in [5.74, 6) is 3.08. The molecule has 0 aromatic heterocycles. The van der Waals surface area contributed by atoms with Crippen LogP contribution >= 0.6 is 0 Å². The van der Waals surface area contributed by atoms with Gasteiger partial charge in [-0.1, -0.05) is 13.3 Å². The highest BCUT2D eigenvalue weighted by Gasteiger charge is 2.30. The lowest BCUT2D eigenvalue weighted by molar-refractivity contribution is 0.0878. The van der Waals surface area contributed by atoms with Gasteiger partial charge in [-0.05, 0) is 32.2 Å². The largest absolute Gasteiger partial charge is 0.496 e. The fraction of sp³-hybridized carbons (Fsp3) is 0.647. The van der Waals surface area contributed by atoms with Gasteiger partial charge in [0.05, 0.1) is 14.2 Å². The summed E-state index contributed by atoms with van der Waals surface area (Å²) in [5, 5.41) is 3.39. The van der Waals surface area contributed by atoms with Crippen LogP contribution in [0.2, 0.25) is 0 Å². The second kappa shape index (κ2) is 7.55. The number of benzene rings is 1. The van der Waals surface area contributed by atoms with Crippen molar-refractivity contribution in [1.82, 2.24) is 5.32 Å². The van der Waals surface area contributed by atoms with Crippen LogP contribution < -0.4 is 19.5 Å². The molecular weight excluding hydrogens is 266 g/mol. The summed E-state index contributed by atoms with van der Waals surface area (Å²) in [5.41, 5.74) is 0. The van der Waals surface area contributed by atoms with E-state index in [0.29, 0.717) is 6.04 Å². The van der Waals surface area contributed by atoms with Gasteiger partial charge in [0.2, 0.25) is 0 Å². The molecule has 3 unspecified atom stereocenters. The third-order valence-electron chi connectivity index (χ3n) is 4.46. The van der Waals surface area contributed by atoms with Gasteiger partial charge in [-0.15, -0.1) is 0 Å². The summed E-state index contributed by atoms with van der Waals surface area (Å²) in [6.07, 6.45) is 4.97. The van der Waals surface area contributed by atoms with E-state index in [1.165, 1.54) is 19.3 Å². The summed E-state index contributed by atoms with van der Waals surface area (Å²) in [7, 11) is 5.32. The van der Waals surface area contributed by atoms with Crippen molar-refractivity contribution >= 4 is 0 Å². The fourth-order valence-corrected chi connectivity index (χ4v) is 3.07. The highest BCUT2D eigenvalue weighted by atomic mass is 16.5. The molecule has 0 spiro atoms. The summed E-state index contributed by atoms with van der Waals surface area (Å²) in [6.45, 7) is 2.26. The minimum absolute atomic E-state index is 0.200. The lowest BCUT2D eigenvalue weighted by atomic mass is 9.82. The second-order valence-corrected chi connectivity index (χ2v) is 5.69. The normalized spacial score (nSPS) is 25.4. The van der Waals surface area contributed by atoms with Crippen LogP contribution in [0.15, 0.2) is 18.2 Å². The molecule has 118 valence electrons. The number of rotatable bonds is 6. The average Bonchev–Trinajstić information content (AvgIpc) is 2.54. The van der Waals surface area contributed by atoms with Gasteiger partial charge in [0.1, 0.15) is 23.4 Å². The van der Waals surface area contributed by atoms with Crippen LogP contribution in [0, 0.1) is 5.92 Å². The molecule has 0 radical (unpaired) electrons. The third kappa shape index (κ3) is 4.03. The first-order chi connectivity index (χ1) is 10.2. The maximum Gasteiger partial charge on any atom is 0.127 e. The average molecular weight is 293 g/mol. The highest BCUT2D eigenvalue weighted by Crippen LogP contribution is 2.33. The molecule has 0 amide bonds. The number of nitrogens with one attached hydrogen (secondary N) is 1. The molecule has 4 nitrogen and oxygen atoms in total. The topological polar surface area (TPSA) is 39.7 Å². The molecule has 21 heavy (non-hydrogen) atoms. The zero-order valence-corrected chi connectivity index (χ0v) is 13.5.